The Hall–Kier alpha value is -3.01. The summed E-state index contributed by atoms with van der Waals surface area (Å²) in [4.78, 5) is 12.2. The zero-order valence-corrected chi connectivity index (χ0v) is 11.3. The molecule has 0 aliphatic rings. The van der Waals surface area contributed by atoms with E-state index in [0.29, 0.717) is 5.89 Å². The Morgan fingerprint density at radius 3 is 2.24 bits per heavy atom. The Labute approximate surface area is 122 Å². The van der Waals surface area contributed by atoms with Gasteiger partial charge < -0.3 is 4.42 Å². The van der Waals surface area contributed by atoms with Gasteiger partial charge in [0.15, 0.2) is 0 Å². The molecule has 102 valence electrons. The number of hydrogen-bond acceptors (Lipinski definition) is 4. The molecular formula is C17H13N3O. The first-order valence-corrected chi connectivity index (χ1v) is 6.54. The zero-order valence-electron chi connectivity index (χ0n) is 11.3. The van der Waals surface area contributed by atoms with Gasteiger partial charge in [-0.2, -0.15) is 0 Å². The maximum Gasteiger partial charge on any atom is 0.244 e. The van der Waals surface area contributed by atoms with Crippen LogP contribution in [-0.2, 0) is 0 Å². The highest BCUT2D eigenvalue weighted by Crippen LogP contribution is 2.11. The van der Waals surface area contributed by atoms with Gasteiger partial charge in [-0.1, -0.05) is 30.3 Å². The fraction of sp³-hybridized carbons (Fsp3) is 0. The predicted octanol–water partition coefficient (Wildman–Crippen LogP) is 3.97. The molecule has 3 aromatic heterocycles. The average molecular weight is 275 g/mol. The molecule has 0 saturated heterocycles. The fourth-order valence-electron chi connectivity index (χ4n) is 1.86. The Balaban J connectivity index is 0.000000126. The highest BCUT2D eigenvalue weighted by Gasteiger charge is 1.99. The van der Waals surface area contributed by atoms with Gasteiger partial charge >= 0.3 is 0 Å². The number of aromatic nitrogens is 3. The van der Waals surface area contributed by atoms with Crippen molar-refractivity contribution in [3.63, 3.8) is 0 Å². The lowest BCUT2D eigenvalue weighted by molar-refractivity contribution is 0.572. The number of para-hydroxylation sites is 1. The maximum atomic E-state index is 5.05. The number of hydrogen-bond donors (Lipinski definition) is 0. The summed E-state index contributed by atoms with van der Waals surface area (Å²) in [5.41, 5.74) is 1.82. The molecule has 0 N–H and O–H groups in total. The molecule has 1 aromatic carbocycles. The molecule has 0 bridgehead atoms. The largest absolute Gasteiger partial charge is 0.443 e. The van der Waals surface area contributed by atoms with Crippen LogP contribution in [0.15, 0.2) is 83.9 Å². The SMILES string of the molecule is c1ccc(-c2ncco2)nc1.c1ccc2ncccc2c1. The van der Waals surface area contributed by atoms with Crippen LogP contribution in [0.3, 0.4) is 0 Å². The first kappa shape index (κ1) is 13.0. The van der Waals surface area contributed by atoms with Crippen LogP contribution < -0.4 is 0 Å². The number of benzene rings is 1. The quantitative estimate of drug-likeness (QED) is 0.527. The molecule has 4 rings (SSSR count). The topological polar surface area (TPSA) is 51.8 Å². The van der Waals surface area contributed by atoms with Crippen molar-refractivity contribution >= 4 is 10.9 Å². The standard InChI is InChI=1S/C9H7N.C8H6N2O/c1-2-6-9-8(4-1)5-3-7-10-9;1-2-4-9-7(3-1)8-10-5-6-11-8/h1-7H;1-6H. The smallest absolute Gasteiger partial charge is 0.244 e. The van der Waals surface area contributed by atoms with Gasteiger partial charge in [0, 0.05) is 17.8 Å². The van der Waals surface area contributed by atoms with Crippen molar-refractivity contribution in [3.8, 4) is 11.6 Å². The van der Waals surface area contributed by atoms with Crippen molar-refractivity contribution in [3.05, 3.63) is 79.5 Å². The Morgan fingerprint density at radius 2 is 1.48 bits per heavy atom. The zero-order chi connectivity index (χ0) is 14.3. The van der Waals surface area contributed by atoms with Gasteiger partial charge in [0.2, 0.25) is 5.89 Å². The molecule has 4 aromatic rings. The molecule has 0 atom stereocenters. The molecule has 3 heterocycles. The summed E-state index contributed by atoms with van der Waals surface area (Å²) in [7, 11) is 0. The monoisotopic (exact) mass is 275 g/mol. The van der Waals surface area contributed by atoms with Crippen LogP contribution in [0.25, 0.3) is 22.5 Å². The van der Waals surface area contributed by atoms with Crippen LogP contribution in [0.2, 0.25) is 0 Å². The van der Waals surface area contributed by atoms with Crippen molar-refractivity contribution in [1.29, 1.82) is 0 Å². The number of pyridine rings is 2. The third-order valence-electron chi connectivity index (χ3n) is 2.83. The van der Waals surface area contributed by atoms with E-state index in [1.807, 2.05) is 48.7 Å². The normalized spacial score (nSPS) is 9.90. The van der Waals surface area contributed by atoms with Gasteiger partial charge in [0.05, 0.1) is 11.7 Å². The molecule has 4 nitrogen and oxygen atoms in total. The second-order valence-corrected chi connectivity index (χ2v) is 4.25. The maximum absolute atomic E-state index is 5.05. The van der Waals surface area contributed by atoms with E-state index in [2.05, 4.69) is 27.1 Å². The molecule has 0 unspecified atom stereocenters. The third kappa shape index (κ3) is 3.30. The van der Waals surface area contributed by atoms with Gasteiger partial charge in [-0.05, 0) is 24.3 Å². The van der Waals surface area contributed by atoms with Crippen LogP contribution in [0, 0.1) is 0 Å². The van der Waals surface area contributed by atoms with E-state index < -0.39 is 0 Å². The number of rotatable bonds is 1. The lowest BCUT2D eigenvalue weighted by Crippen LogP contribution is -1.79. The molecule has 21 heavy (non-hydrogen) atoms. The molecule has 0 spiro atoms. The lowest BCUT2D eigenvalue weighted by Gasteiger charge is -1.91. The summed E-state index contributed by atoms with van der Waals surface area (Å²) in [5, 5.41) is 1.20. The minimum Gasteiger partial charge on any atom is -0.443 e. The summed E-state index contributed by atoms with van der Waals surface area (Å²) >= 11 is 0. The first-order chi connectivity index (χ1) is 10.4. The van der Waals surface area contributed by atoms with E-state index in [1.54, 1.807) is 12.4 Å². The highest BCUT2D eigenvalue weighted by atomic mass is 16.3. The van der Waals surface area contributed by atoms with E-state index in [4.69, 9.17) is 4.42 Å². The molecule has 4 heteroatoms. The Kier molecular flexibility index (Phi) is 3.98. The van der Waals surface area contributed by atoms with Gasteiger partial charge in [0.25, 0.3) is 0 Å². The Bertz CT molecular complexity index is 733. The van der Waals surface area contributed by atoms with E-state index in [1.165, 1.54) is 11.6 Å². The van der Waals surface area contributed by atoms with Crippen molar-refractivity contribution in [2.75, 3.05) is 0 Å². The van der Waals surface area contributed by atoms with E-state index in [0.717, 1.165) is 11.2 Å². The highest BCUT2D eigenvalue weighted by molar-refractivity contribution is 5.77. The summed E-state index contributed by atoms with van der Waals surface area (Å²) in [5.74, 6) is 0.561. The fourth-order valence-corrected chi connectivity index (χ4v) is 1.86. The molecule has 0 fully saturated rings. The van der Waals surface area contributed by atoms with Gasteiger partial charge in [-0.3, -0.25) is 9.97 Å². The van der Waals surface area contributed by atoms with Crippen molar-refractivity contribution in [2.24, 2.45) is 0 Å². The molecule has 0 aliphatic heterocycles. The minimum absolute atomic E-state index is 0.561. The second-order valence-electron chi connectivity index (χ2n) is 4.25. The third-order valence-corrected chi connectivity index (χ3v) is 2.83. The number of fused-ring (bicyclic) bond motifs is 1. The minimum atomic E-state index is 0.561. The molecule has 0 radical (unpaired) electrons. The predicted molar refractivity (Wildman–Crippen MR) is 81.5 cm³/mol. The van der Waals surface area contributed by atoms with Crippen LogP contribution in [0.4, 0.5) is 0 Å². The number of nitrogens with zero attached hydrogens (tertiary/aromatic N) is 3. The first-order valence-electron chi connectivity index (χ1n) is 6.54. The summed E-state index contributed by atoms with van der Waals surface area (Å²) < 4.78 is 5.05. The van der Waals surface area contributed by atoms with E-state index >= 15 is 0 Å². The van der Waals surface area contributed by atoms with Gasteiger partial charge in [-0.15, -0.1) is 0 Å². The summed E-state index contributed by atoms with van der Waals surface area (Å²) in [6, 6.07) is 17.7. The molecule has 0 saturated carbocycles. The number of oxazole rings is 1. The average Bonchev–Trinajstić information content (AvgIpc) is 3.11. The molecular weight excluding hydrogens is 262 g/mol. The van der Waals surface area contributed by atoms with Crippen molar-refractivity contribution < 1.29 is 4.42 Å². The summed E-state index contributed by atoms with van der Waals surface area (Å²) in [6.07, 6.45) is 6.65. The van der Waals surface area contributed by atoms with Crippen LogP contribution in [0.5, 0.6) is 0 Å². The van der Waals surface area contributed by atoms with Gasteiger partial charge in [-0.25, -0.2) is 4.98 Å². The van der Waals surface area contributed by atoms with Gasteiger partial charge in [0.1, 0.15) is 12.0 Å². The van der Waals surface area contributed by atoms with Crippen LogP contribution >= 0.6 is 0 Å². The molecule has 0 amide bonds. The van der Waals surface area contributed by atoms with E-state index in [9.17, 15) is 0 Å². The van der Waals surface area contributed by atoms with Crippen molar-refractivity contribution in [1.82, 2.24) is 15.0 Å². The molecule has 0 aliphatic carbocycles. The van der Waals surface area contributed by atoms with Crippen LogP contribution in [-0.4, -0.2) is 15.0 Å². The van der Waals surface area contributed by atoms with Crippen LogP contribution in [0.1, 0.15) is 0 Å². The second kappa shape index (κ2) is 6.43. The Morgan fingerprint density at radius 1 is 0.667 bits per heavy atom. The lowest BCUT2D eigenvalue weighted by atomic mass is 10.2. The van der Waals surface area contributed by atoms with E-state index in [-0.39, 0.29) is 0 Å². The summed E-state index contributed by atoms with van der Waals surface area (Å²) in [6.45, 7) is 0. The van der Waals surface area contributed by atoms with Crippen molar-refractivity contribution in [2.45, 2.75) is 0 Å².